The fraction of sp³-hybridized carbons (Fsp3) is 0. The van der Waals surface area contributed by atoms with E-state index < -0.39 is 34.4 Å². The van der Waals surface area contributed by atoms with Crippen molar-refractivity contribution in [3.8, 4) is 5.69 Å². The molecule has 0 aliphatic carbocycles. The predicted molar refractivity (Wildman–Crippen MR) is 113 cm³/mol. The zero-order valence-corrected chi connectivity index (χ0v) is 17.0. The molecular formula is C21H12ClF2N2O4S-. The van der Waals surface area contributed by atoms with E-state index in [-0.39, 0.29) is 21.8 Å². The lowest BCUT2D eigenvalue weighted by Gasteiger charge is -2.26. The summed E-state index contributed by atoms with van der Waals surface area (Å²) in [5, 5.41) is 9.24. The zero-order valence-electron chi connectivity index (χ0n) is 15.5. The summed E-state index contributed by atoms with van der Waals surface area (Å²) in [5.74, 6) is -3.33. The number of aromatic nitrogens is 1. The molecule has 0 spiro atoms. The molecule has 31 heavy (non-hydrogen) atoms. The van der Waals surface area contributed by atoms with Gasteiger partial charge in [-0.15, -0.1) is 0 Å². The van der Waals surface area contributed by atoms with Crippen LogP contribution >= 0.6 is 11.6 Å². The molecule has 1 aromatic heterocycles. The van der Waals surface area contributed by atoms with E-state index >= 15 is 0 Å². The minimum Gasteiger partial charge on any atom is -0.755 e. The Balaban J connectivity index is 2.01. The van der Waals surface area contributed by atoms with Crippen molar-refractivity contribution in [3.05, 3.63) is 89.1 Å². The average Bonchev–Trinajstić information content (AvgIpc) is 3.08. The van der Waals surface area contributed by atoms with Crippen molar-refractivity contribution in [3.63, 3.8) is 0 Å². The lowest BCUT2D eigenvalue weighted by molar-refractivity contribution is 0.0692. The van der Waals surface area contributed by atoms with Gasteiger partial charge in [-0.3, -0.25) is 8.51 Å². The van der Waals surface area contributed by atoms with Gasteiger partial charge >= 0.3 is 5.97 Å². The summed E-state index contributed by atoms with van der Waals surface area (Å²) in [7, 11) is 0. The Kier molecular flexibility index (Phi) is 5.48. The molecular weight excluding hydrogens is 450 g/mol. The second kappa shape index (κ2) is 8.10. The molecule has 1 N–H and O–H groups in total. The normalized spacial score (nSPS) is 12.1. The lowest BCUT2D eigenvalue weighted by Crippen LogP contribution is -2.20. The molecule has 1 unspecified atom stereocenters. The van der Waals surface area contributed by atoms with Crippen molar-refractivity contribution in [1.29, 1.82) is 0 Å². The molecule has 0 bridgehead atoms. The summed E-state index contributed by atoms with van der Waals surface area (Å²) >= 11 is 3.01. The smallest absolute Gasteiger partial charge is 0.338 e. The number of aromatic carboxylic acids is 1. The Morgan fingerprint density at radius 2 is 1.77 bits per heavy atom. The van der Waals surface area contributed by atoms with E-state index in [0.29, 0.717) is 11.2 Å². The largest absolute Gasteiger partial charge is 0.755 e. The maximum Gasteiger partial charge on any atom is 0.338 e. The second-order valence-electron chi connectivity index (χ2n) is 6.48. The van der Waals surface area contributed by atoms with Crippen LogP contribution in [0.1, 0.15) is 10.4 Å². The van der Waals surface area contributed by atoms with E-state index in [1.165, 1.54) is 12.3 Å². The number of carboxylic acids is 1. The van der Waals surface area contributed by atoms with Gasteiger partial charge in [-0.05, 0) is 42.5 Å². The molecule has 4 aromatic rings. The highest BCUT2D eigenvalue weighted by Gasteiger charge is 2.22. The highest BCUT2D eigenvalue weighted by atomic mass is 35.5. The minimum absolute atomic E-state index is 0.0331. The number of hydrogen-bond donors (Lipinski definition) is 1. The number of halogens is 3. The van der Waals surface area contributed by atoms with Crippen LogP contribution in [0.5, 0.6) is 0 Å². The van der Waals surface area contributed by atoms with Gasteiger partial charge in [0.15, 0.2) is 0 Å². The number of anilines is 2. The predicted octanol–water partition coefficient (Wildman–Crippen LogP) is 5.19. The summed E-state index contributed by atoms with van der Waals surface area (Å²) in [6.07, 6.45) is 1.45. The number of hydrogen-bond acceptors (Lipinski definition) is 3. The van der Waals surface area contributed by atoms with Crippen molar-refractivity contribution < 1.29 is 27.4 Å². The van der Waals surface area contributed by atoms with Gasteiger partial charge in [0.25, 0.3) is 0 Å². The van der Waals surface area contributed by atoms with E-state index in [0.717, 1.165) is 28.6 Å². The van der Waals surface area contributed by atoms with Gasteiger partial charge in [0, 0.05) is 17.3 Å². The Hall–Kier alpha value is -3.27. The molecule has 0 saturated carbocycles. The number of fused-ring (bicyclic) bond motifs is 1. The monoisotopic (exact) mass is 461 g/mol. The first-order valence-corrected chi connectivity index (χ1v) is 10.2. The number of carbonyl (C=O) groups is 1. The zero-order chi connectivity index (χ0) is 22.3. The van der Waals surface area contributed by atoms with Gasteiger partial charge in [-0.2, -0.15) is 0 Å². The SMILES string of the molecule is O=C(O)c1cc(N(c2cn(-c3ccccc3)c3cc(Cl)c(F)cc23)S(=O)[O-])ccc1F. The fourth-order valence-electron chi connectivity index (χ4n) is 3.28. The van der Waals surface area contributed by atoms with Crippen LogP contribution in [0, 0.1) is 11.6 Å². The van der Waals surface area contributed by atoms with Gasteiger partial charge in [0.05, 0.1) is 38.7 Å². The Labute approximate surface area is 182 Å². The van der Waals surface area contributed by atoms with Gasteiger partial charge in [0.2, 0.25) is 0 Å². The maximum atomic E-state index is 14.3. The summed E-state index contributed by atoms with van der Waals surface area (Å²) in [6, 6.07) is 14.2. The summed E-state index contributed by atoms with van der Waals surface area (Å²) in [4.78, 5) is 11.3. The number of rotatable bonds is 5. The molecule has 1 heterocycles. The summed E-state index contributed by atoms with van der Waals surface area (Å²) in [5.41, 5.74) is 0.279. The number of carboxylic acid groups (broad SMARTS) is 1. The third kappa shape index (κ3) is 3.78. The maximum absolute atomic E-state index is 14.3. The van der Waals surface area contributed by atoms with Crippen molar-refractivity contribution >= 4 is 51.1 Å². The number of benzene rings is 3. The summed E-state index contributed by atoms with van der Waals surface area (Å²) in [6.45, 7) is 0. The van der Waals surface area contributed by atoms with Crippen molar-refractivity contribution in [1.82, 2.24) is 4.57 Å². The molecule has 0 aliphatic rings. The van der Waals surface area contributed by atoms with Crippen LogP contribution in [0.3, 0.4) is 0 Å². The molecule has 0 aliphatic heterocycles. The molecule has 6 nitrogen and oxygen atoms in total. The molecule has 0 saturated heterocycles. The van der Waals surface area contributed by atoms with Crippen LogP contribution in [0.4, 0.5) is 20.2 Å². The molecule has 158 valence electrons. The fourth-order valence-corrected chi connectivity index (χ4v) is 4.02. The molecule has 1 atom stereocenters. The van der Waals surface area contributed by atoms with Crippen molar-refractivity contribution in [2.24, 2.45) is 0 Å². The van der Waals surface area contributed by atoms with Gasteiger partial charge in [-0.25, -0.2) is 13.6 Å². The quantitative estimate of drug-likeness (QED) is 0.414. The van der Waals surface area contributed by atoms with E-state index in [2.05, 4.69) is 0 Å². The standard InChI is InChI=1S/C21H13ClF2N2O4S/c22-16-10-19-15(9-18(16)24)20(11-25(19)12-4-2-1-3-5-12)26(31(29)30)13-6-7-17(23)14(8-13)21(27)28/h1-11H,(H,27,28)(H,29,30)/p-1. The van der Waals surface area contributed by atoms with Gasteiger partial charge in [-0.1, -0.05) is 29.8 Å². The highest BCUT2D eigenvalue weighted by Crippen LogP contribution is 2.38. The third-order valence-corrected chi connectivity index (χ3v) is 5.64. The average molecular weight is 462 g/mol. The Morgan fingerprint density at radius 3 is 2.42 bits per heavy atom. The molecule has 0 amide bonds. The Bertz CT molecular complexity index is 1340. The first kappa shape index (κ1) is 21.0. The molecule has 0 fully saturated rings. The van der Waals surface area contributed by atoms with E-state index in [1.807, 2.05) is 0 Å². The number of para-hydroxylation sites is 1. The summed E-state index contributed by atoms with van der Waals surface area (Å²) < 4.78 is 54.8. The van der Waals surface area contributed by atoms with Crippen LogP contribution < -0.4 is 4.31 Å². The van der Waals surface area contributed by atoms with Crippen molar-refractivity contribution in [2.75, 3.05) is 4.31 Å². The van der Waals surface area contributed by atoms with E-state index in [9.17, 15) is 27.4 Å². The third-order valence-electron chi connectivity index (χ3n) is 4.64. The Morgan fingerprint density at radius 1 is 1.06 bits per heavy atom. The van der Waals surface area contributed by atoms with Crippen molar-refractivity contribution in [2.45, 2.75) is 0 Å². The first-order valence-electron chi connectivity index (χ1n) is 8.76. The second-order valence-corrected chi connectivity index (χ2v) is 7.69. The van der Waals surface area contributed by atoms with Crippen LogP contribution in [0.2, 0.25) is 5.02 Å². The van der Waals surface area contributed by atoms with Crippen LogP contribution in [0.25, 0.3) is 16.6 Å². The molecule has 3 aromatic carbocycles. The molecule has 10 heteroatoms. The van der Waals surface area contributed by atoms with E-state index in [1.54, 1.807) is 34.9 Å². The van der Waals surface area contributed by atoms with Crippen LogP contribution in [0.15, 0.2) is 66.9 Å². The van der Waals surface area contributed by atoms with E-state index in [4.69, 9.17) is 11.6 Å². The highest BCUT2D eigenvalue weighted by molar-refractivity contribution is 7.81. The van der Waals surface area contributed by atoms with Crippen LogP contribution in [-0.4, -0.2) is 24.4 Å². The number of nitrogens with zero attached hydrogens (tertiary/aromatic N) is 2. The van der Waals surface area contributed by atoms with Gasteiger partial charge in [0.1, 0.15) is 11.6 Å². The molecule has 4 rings (SSSR count). The first-order chi connectivity index (χ1) is 14.8. The topological polar surface area (TPSA) is 85.6 Å². The minimum atomic E-state index is -2.95. The van der Waals surface area contributed by atoms with Gasteiger partial charge < -0.3 is 14.2 Å². The lowest BCUT2D eigenvalue weighted by atomic mass is 10.1. The molecule has 0 radical (unpaired) electrons. The van der Waals surface area contributed by atoms with Crippen LogP contribution in [-0.2, 0) is 11.3 Å².